The zero-order chi connectivity index (χ0) is 19.9. The Balaban J connectivity index is 0.00000392. The Bertz CT molecular complexity index is 830. The topological polar surface area (TPSA) is 121 Å². The number of rotatable bonds is 9. The van der Waals surface area contributed by atoms with Gasteiger partial charge in [0.15, 0.2) is 5.25 Å². The van der Waals surface area contributed by atoms with Gasteiger partial charge < -0.3 is 14.6 Å². The molecule has 9 heteroatoms. The number of carbonyl (C=O) groups excluding carboxylic acids is 2. The molecular formula is C19H19NaO7S. The molecule has 7 nitrogen and oxygen atoms in total. The molecular weight excluding hydrogens is 395 g/mol. The molecule has 2 aromatic carbocycles. The summed E-state index contributed by atoms with van der Waals surface area (Å²) >= 11 is 0. The molecule has 2 aromatic rings. The second-order valence-corrected chi connectivity index (χ2v) is 7.51. The first-order chi connectivity index (χ1) is 12.8. The molecule has 144 valence electrons. The van der Waals surface area contributed by atoms with Gasteiger partial charge in [-0.1, -0.05) is 60.7 Å². The van der Waals surface area contributed by atoms with Crippen LogP contribution in [0.3, 0.4) is 0 Å². The van der Waals surface area contributed by atoms with E-state index in [1.54, 1.807) is 0 Å². The van der Waals surface area contributed by atoms with Crippen LogP contribution in [0.25, 0.3) is 0 Å². The molecule has 1 unspecified atom stereocenters. The number of carboxylic acid groups (broad SMARTS) is 1. The number of esters is 1. The van der Waals surface area contributed by atoms with Gasteiger partial charge in [0, 0.05) is 18.3 Å². The minimum Gasteiger partial charge on any atom is -0.550 e. The first-order valence-electron chi connectivity index (χ1n) is 8.21. The Morgan fingerprint density at radius 2 is 1.43 bits per heavy atom. The predicted octanol–water partition coefficient (Wildman–Crippen LogP) is -1.85. The van der Waals surface area contributed by atoms with E-state index < -0.39 is 33.7 Å². The molecule has 0 amide bonds. The summed E-state index contributed by atoms with van der Waals surface area (Å²) in [6.07, 6.45) is -0.818. The summed E-state index contributed by atoms with van der Waals surface area (Å²) in [5, 5.41) is 8.42. The van der Waals surface area contributed by atoms with Gasteiger partial charge in [-0.15, -0.1) is 0 Å². The van der Waals surface area contributed by atoms with Crippen LogP contribution < -0.4 is 34.7 Å². The van der Waals surface area contributed by atoms with E-state index >= 15 is 0 Å². The number of benzene rings is 2. The van der Waals surface area contributed by atoms with Crippen LogP contribution in [0.4, 0.5) is 0 Å². The summed E-state index contributed by atoms with van der Waals surface area (Å²) in [7, 11) is -4.91. The van der Waals surface area contributed by atoms with Crippen molar-refractivity contribution in [2.75, 3.05) is 6.61 Å². The van der Waals surface area contributed by atoms with E-state index in [0.717, 1.165) is 11.1 Å². The number of carbonyl (C=O) groups is 2. The Kier molecular flexibility index (Phi) is 9.84. The minimum absolute atomic E-state index is 0. The van der Waals surface area contributed by atoms with Crippen LogP contribution in [-0.4, -0.2) is 36.8 Å². The molecule has 28 heavy (non-hydrogen) atoms. The van der Waals surface area contributed by atoms with E-state index in [2.05, 4.69) is 0 Å². The summed E-state index contributed by atoms with van der Waals surface area (Å²) < 4.78 is 36.4. The smallest absolute Gasteiger partial charge is 0.550 e. The van der Waals surface area contributed by atoms with Gasteiger partial charge in [-0.25, -0.2) is 0 Å². The maximum absolute atomic E-state index is 11.9. The van der Waals surface area contributed by atoms with Crippen molar-refractivity contribution < 1.29 is 62.0 Å². The van der Waals surface area contributed by atoms with Crippen LogP contribution in [0.1, 0.15) is 29.9 Å². The number of hydrogen-bond acceptors (Lipinski definition) is 6. The Labute approximate surface area is 185 Å². The van der Waals surface area contributed by atoms with Gasteiger partial charge in [0.2, 0.25) is 0 Å². The van der Waals surface area contributed by atoms with Crippen molar-refractivity contribution in [3.8, 4) is 0 Å². The Hall–Kier alpha value is -1.71. The molecule has 0 aliphatic heterocycles. The SMILES string of the molecule is O=C([O-])CC(C(=O)OCCC(c1ccccc1)c1ccccc1)S(=O)(=O)O.[Na+]. The third kappa shape index (κ3) is 7.37. The van der Waals surface area contributed by atoms with Crippen LogP contribution in [0, 0.1) is 0 Å². The van der Waals surface area contributed by atoms with E-state index in [1.807, 2.05) is 60.7 Å². The minimum atomic E-state index is -4.91. The van der Waals surface area contributed by atoms with E-state index in [0.29, 0.717) is 6.42 Å². The fraction of sp³-hybridized carbons (Fsp3) is 0.263. The summed E-state index contributed by atoms with van der Waals surface area (Å²) in [5.74, 6) is -3.20. The van der Waals surface area contributed by atoms with Gasteiger partial charge in [0.05, 0.1) is 6.61 Å². The third-order valence-electron chi connectivity index (χ3n) is 4.03. The summed E-state index contributed by atoms with van der Waals surface area (Å²) in [6.45, 7) is -0.146. The Morgan fingerprint density at radius 1 is 0.964 bits per heavy atom. The largest absolute Gasteiger partial charge is 1.00 e. The average molecular weight is 414 g/mol. The van der Waals surface area contributed by atoms with Crippen molar-refractivity contribution in [2.45, 2.75) is 24.0 Å². The maximum atomic E-state index is 11.9. The van der Waals surface area contributed by atoms with Crippen LogP contribution in [0.15, 0.2) is 60.7 Å². The van der Waals surface area contributed by atoms with E-state index in [1.165, 1.54) is 0 Å². The van der Waals surface area contributed by atoms with Crippen molar-refractivity contribution in [3.63, 3.8) is 0 Å². The standard InChI is InChI=1S/C19H20O7S.Na/c20-18(21)13-17(27(23,24)25)19(22)26-12-11-16(14-7-3-1-4-8-14)15-9-5-2-6-10-15;/h1-10,16-17H,11-13H2,(H,20,21)(H,23,24,25);/q;+1/p-1. The van der Waals surface area contributed by atoms with Crippen LogP contribution in [0.5, 0.6) is 0 Å². The predicted molar refractivity (Wildman–Crippen MR) is 95.3 cm³/mol. The number of carboxylic acids is 1. The first kappa shape index (κ1) is 24.3. The van der Waals surface area contributed by atoms with Gasteiger partial charge in [0.25, 0.3) is 10.1 Å². The summed E-state index contributed by atoms with van der Waals surface area (Å²) in [6, 6.07) is 19.0. The second kappa shape index (κ2) is 11.3. The molecule has 0 fully saturated rings. The van der Waals surface area contributed by atoms with Gasteiger partial charge in [-0.3, -0.25) is 9.35 Å². The van der Waals surface area contributed by atoms with Crippen molar-refractivity contribution in [1.82, 2.24) is 0 Å². The molecule has 0 radical (unpaired) electrons. The van der Waals surface area contributed by atoms with Crippen LogP contribution in [0.2, 0.25) is 0 Å². The zero-order valence-corrected chi connectivity index (χ0v) is 18.2. The van der Waals surface area contributed by atoms with Crippen molar-refractivity contribution in [2.24, 2.45) is 0 Å². The third-order valence-corrected chi connectivity index (χ3v) is 5.11. The number of hydrogen-bond donors (Lipinski definition) is 1. The molecule has 2 rings (SSSR count). The number of ether oxygens (including phenoxy) is 1. The molecule has 0 heterocycles. The van der Waals surface area contributed by atoms with Crippen molar-refractivity contribution in [3.05, 3.63) is 71.8 Å². The quantitative estimate of drug-likeness (QED) is 0.291. The van der Waals surface area contributed by atoms with Crippen molar-refractivity contribution >= 4 is 22.1 Å². The molecule has 0 saturated heterocycles. The van der Waals surface area contributed by atoms with Crippen molar-refractivity contribution in [1.29, 1.82) is 0 Å². The maximum Gasteiger partial charge on any atom is 1.00 e. The number of aliphatic carboxylic acids is 1. The normalized spacial score (nSPS) is 12.1. The van der Waals surface area contributed by atoms with E-state index in [4.69, 9.17) is 9.29 Å². The molecule has 0 aliphatic carbocycles. The zero-order valence-electron chi connectivity index (χ0n) is 15.4. The molecule has 1 atom stereocenters. The van der Waals surface area contributed by atoms with Gasteiger partial charge in [0.1, 0.15) is 0 Å². The van der Waals surface area contributed by atoms with E-state index in [9.17, 15) is 23.1 Å². The molecule has 0 bridgehead atoms. The monoisotopic (exact) mass is 414 g/mol. The van der Waals surface area contributed by atoms with Crippen LogP contribution in [-0.2, 0) is 24.4 Å². The summed E-state index contributed by atoms with van der Waals surface area (Å²) in [4.78, 5) is 22.5. The van der Waals surface area contributed by atoms with Gasteiger partial charge in [-0.2, -0.15) is 8.42 Å². The van der Waals surface area contributed by atoms with Gasteiger partial charge >= 0.3 is 35.5 Å². The first-order valence-corrected chi connectivity index (χ1v) is 9.72. The molecule has 0 aliphatic rings. The molecule has 0 aromatic heterocycles. The molecule has 0 spiro atoms. The average Bonchev–Trinajstić information content (AvgIpc) is 2.63. The van der Waals surface area contributed by atoms with E-state index in [-0.39, 0.29) is 42.1 Å². The van der Waals surface area contributed by atoms with Gasteiger partial charge in [-0.05, 0) is 17.5 Å². The summed E-state index contributed by atoms with van der Waals surface area (Å²) in [5.41, 5.74) is 1.97. The fourth-order valence-electron chi connectivity index (χ4n) is 2.73. The van der Waals surface area contributed by atoms with Crippen LogP contribution >= 0.6 is 0 Å². The Morgan fingerprint density at radius 3 is 1.82 bits per heavy atom. The second-order valence-electron chi connectivity index (χ2n) is 5.91. The fourth-order valence-corrected chi connectivity index (χ4v) is 3.39. The molecule has 0 saturated carbocycles. The molecule has 1 N–H and O–H groups in total.